The van der Waals surface area contributed by atoms with Gasteiger partial charge in [-0.15, -0.1) is 0 Å². The second kappa shape index (κ2) is 11.7. The SMILES string of the molecule is CCCCOC(c1ccccc1)(c1ccccc1)c1ccc(C2=C(CCCC)C=CC2)c(C)c1C. The van der Waals surface area contributed by atoms with Gasteiger partial charge in [0.05, 0.1) is 0 Å². The van der Waals surface area contributed by atoms with Gasteiger partial charge in [0, 0.05) is 6.61 Å². The highest BCUT2D eigenvalue weighted by Gasteiger charge is 2.39. The van der Waals surface area contributed by atoms with Crippen LogP contribution in [0.5, 0.6) is 0 Å². The van der Waals surface area contributed by atoms with E-state index in [2.05, 4.69) is 113 Å². The Hall–Kier alpha value is -2.90. The molecule has 1 heteroatoms. The fraction of sp³-hybridized carbons (Fsp3) is 0.353. The third-order valence-corrected chi connectivity index (χ3v) is 7.50. The summed E-state index contributed by atoms with van der Waals surface area (Å²) in [4.78, 5) is 0. The molecule has 0 amide bonds. The van der Waals surface area contributed by atoms with Crippen LogP contribution in [0.3, 0.4) is 0 Å². The van der Waals surface area contributed by atoms with Crippen molar-refractivity contribution in [2.45, 2.75) is 71.8 Å². The minimum Gasteiger partial charge on any atom is -0.361 e. The Morgan fingerprint density at radius 2 is 1.37 bits per heavy atom. The Morgan fingerprint density at radius 1 is 0.743 bits per heavy atom. The van der Waals surface area contributed by atoms with E-state index in [1.807, 2.05) is 0 Å². The van der Waals surface area contributed by atoms with Crippen molar-refractivity contribution in [3.8, 4) is 0 Å². The van der Waals surface area contributed by atoms with Gasteiger partial charge in [-0.25, -0.2) is 0 Å². The molecular weight excluding hydrogens is 424 g/mol. The number of hydrogen-bond donors (Lipinski definition) is 0. The van der Waals surface area contributed by atoms with Crippen LogP contribution >= 0.6 is 0 Å². The fourth-order valence-corrected chi connectivity index (χ4v) is 5.40. The first kappa shape index (κ1) is 25.2. The molecule has 0 unspecified atom stereocenters. The highest BCUT2D eigenvalue weighted by molar-refractivity contribution is 5.78. The molecule has 1 aliphatic rings. The molecule has 0 saturated carbocycles. The van der Waals surface area contributed by atoms with Crippen molar-refractivity contribution < 1.29 is 4.74 Å². The number of allylic oxidation sites excluding steroid dienone is 4. The van der Waals surface area contributed by atoms with Crippen molar-refractivity contribution >= 4 is 5.57 Å². The lowest BCUT2D eigenvalue weighted by atomic mass is 9.76. The lowest BCUT2D eigenvalue weighted by molar-refractivity contribution is 0.0108. The molecule has 182 valence electrons. The van der Waals surface area contributed by atoms with Crippen molar-refractivity contribution in [1.29, 1.82) is 0 Å². The number of unbranched alkanes of at least 4 members (excludes halogenated alkanes) is 2. The van der Waals surface area contributed by atoms with Crippen molar-refractivity contribution in [2.75, 3.05) is 6.61 Å². The van der Waals surface area contributed by atoms with E-state index in [9.17, 15) is 0 Å². The summed E-state index contributed by atoms with van der Waals surface area (Å²) < 4.78 is 6.98. The Bertz CT molecular complexity index is 1130. The van der Waals surface area contributed by atoms with E-state index in [1.165, 1.54) is 63.8 Å². The third kappa shape index (κ3) is 5.07. The van der Waals surface area contributed by atoms with Crippen LogP contribution in [0.4, 0.5) is 0 Å². The third-order valence-electron chi connectivity index (χ3n) is 7.50. The maximum absolute atomic E-state index is 6.98. The van der Waals surface area contributed by atoms with Gasteiger partial charge in [-0.2, -0.15) is 0 Å². The largest absolute Gasteiger partial charge is 0.361 e. The summed E-state index contributed by atoms with van der Waals surface area (Å²) in [5, 5.41) is 0. The molecule has 3 aromatic rings. The summed E-state index contributed by atoms with van der Waals surface area (Å²) in [5.74, 6) is 0. The first-order chi connectivity index (χ1) is 17.1. The van der Waals surface area contributed by atoms with Crippen LogP contribution in [-0.4, -0.2) is 6.61 Å². The predicted molar refractivity (Wildman–Crippen MR) is 150 cm³/mol. The molecule has 0 fully saturated rings. The Morgan fingerprint density at radius 3 is 1.97 bits per heavy atom. The van der Waals surface area contributed by atoms with Crippen LogP contribution < -0.4 is 0 Å². The summed E-state index contributed by atoms with van der Waals surface area (Å²) in [6, 6.07) is 26.2. The summed E-state index contributed by atoms with van der Waals surface area (Å²) in [6.07, 6.45) is 11.5. The molecule has 0 saturated heterocycles. The highest BCUT2D eigenvalue weighted by Crippen LogP contribution is 2.44. The Kier molecular flexibility index (Phi) is 8.42. The van der Waals surface area contributed by atoms with Crippen molar-refractivity contribution in [2.24, 2.45) is 0 Å². The molecule has 0 N–H and O–H groups in total. The maximum Gasteiger partial charge on any atom is 0.143 e. The van der Waals surface area contributed by atoms with Crippen LogP contribution in [0.15, 0.2) is 90.5 Å². The molecule has 1 aliphatic carbocycles. The fourth-order valence-electron chi connectivity index (χ4n) is 5.40. The molecule has 3 aromatic carbocycles. The van der Waals surface area contributed by atoms with E-state index in [1.54, 1.807) is 0 Å². The summed E-state index contributed by atoms with van der Waals surface area (Å²) in [6.45, 7) is 9.79. The molecule has 0 bridgehead atoms. The predicted octanol–water partition coefficient (Wildman–Crippen LogP) is 9.32. The zero-order chi connectivity index (χ0) is 24.7. The average Bonchev–Trinajstić information content (AvgIpc) is 3.37. The molecule has 35 heavy (non-hydrogen) atoms. The summed E-state index contributed by atoms with van der Waals surface area (Å²) >= 11 is 0. The van der Waals surface area contributed by atoms with E-state index in [0.717, 1.165) is 25.9 Å². The molecule has 0 radical (unpaired) electrons. The number of benzene rings is 3. The van der Waals surface area contributed by atoms with E-state index in [-0.39, 0.29) is 0 Å². The quantitative estimate of drug-likeness (QED) is 0.203. The first-order valence-corrected chi connectivity index (χ1v) is 13.4. The van der Waals surface area contributed by atoms with Crippen LogP contribution in [0.1, 0.15) is 85.8 Å². The lowest BCUT2D eigenvalue weighted by Gasteiger charge is -2.38. The Balaban J connectivity index is 1.91. The minimum atomic E-state index is -0.640. The molecular formula is C34H40O. The second-order valence-corrected chi connectivity index (χ2v) is 9.74. The Labute approximate surface area is 212 Å². The normalized spacial score (nSPS) is 13.6. The topological polar surface area (TPSA) is 9.23 Å². The van der Waals surface area contributed by atoms with Gasteiger partial charge in [0.2, 0.25) is 0 Å². The van der Waals surface area contributed by atoms with E-state index < -0.39 is 5.60 Å². The van der Waals surface area contributed by atoms with Gasteiger partial charge in [0.15, 0.2) is 0 Å². The molecule has 0 spiro atoms. The molecule has 0 heterocycles. The number of hydrogen-bond acceptors (Lipinski definition) is 1. The monoisotopic (exact) mass is 464 g/mol. The lowest BCUT2D eigenvalue weighted by Crippen LogP contribution is -2.34. The van der Waals surface area contributed by atoms with E-state index >= 15 is 0 Å². The smallest absolute Gasteiger partial charge is 0.143 e. The van der Waals surface area contributed by atoms with Gasteiger partial charge >= 0.3 is 0 Å². The average molecular weight is 465 g/mol. The van der Waals surface area contributed by atoms with E-state index in [4.69, 9.17) is 4.74 Å². The van der Waals surface area contributed by atoms with Crippen LogP contribution in [0.25, 0.3) is 5.57 Å². The van der Waals surface area contributed by atoms with Gasteiger partial charge in [0.1, 0.15) is 5.60 Å². The summed E-state index contributed by atoms with van der Waals surface area (Å²) in [5.41, 5.74) is 10.1. The summed E-state index contributed by atoms with van der Waals surface area (Å²) in [7, 11) is 0. The zero-order valence-corrected chi connectivity index (χ0v) is 21.9. The van der Waals surface area contributed by atoms with E-state index in [0.29, 0.717) is 0 Å². The standard InChI is InChI=1S/C34H40O/c1-5-7-16-28-17-15-22-32(28)31-23-24-33(27(4)26(31)3)34(35-25-8-6-2,29-18-11-9-12-19-29)30-20-13-10-14-21-30/h9-15,17-21,23-24H,5-8,16,22,25H2,1-4H3. The van der Waals surface area contributed by atoms with Gasteiger partial charge < -0.3 is 4.74 Å². The zero-order valence-electron chi connectivity index (χ0n) is 21.9. The van der Waals surface area contributed by atoms with Crippen molar-refractivity contribution in [3.63, 3.8) is 0 Å². The van der Waals surface area contributed by atoms with Gasteiger partial charge in [0.25, 0.3) is 0 Å². The second-order valence-electron chi connectivity index (χ2n) is 9.74. The molecule has 0 aromatic heterocycles. The van der Waals surface area contributed by atoms with Crippen LogP contribution in [-0.2, 0) is 10.3 Å². The van der Waals surface area contributed by atoms with Crippen molar-refractivity contribution in [1.82, 2.24) is 0 Å². The van der Waals surface area contributed by atoms with Crippen LogP contribution in [0, 0.1) is 13.8 Å². The minimum absolute atomic E-state index is 0.640. The van der Waals surface area contributed by atoms with Gasteiger partial charge in [-0.05, 0) is 84.1 Å². The van der Waals surface area contributed by atoms with Crippen LogP contribution in [0.2, 0.25) is 0 Å². The number of ether oxygens (including phenoxy) is 1. The molecule has 1 nitrogen and oxygen atoms in total. The van der Waals surface area contributed by atoms with Gasteiger partial charge in [-0.3, -0.25) is 0 Å². The molecule has 0 aliphatic heterocycles. The molecule has 4 rings (SSSR count). The number of rotatable bonds is 11. The first-order valence-electron chi connectivity index (χ1n) is 13.4. The van der Waals surface area contributed by atoms with Gasteiger partial charge in [-0.1, -0.05) is 112 Å². The maximum atomic E-state index is 6.98. The molecule has 0 atom stereocenters. The highest BCUT2D eigenvalue weighted by atomic mass is 16.5. The van der Waals surface area contributed by atoms with Crippen molar-refractivity contribution in [3.05, 3.63) is 124 Å².